The summed E-state index contributed by atoms with van der Waals surface area (Å²) in [6, 6.07) is 11.7. The van der Waals surface area contributed by atoms with E-state index in [2.05, 4.69) is 10.3 Å². The number of nitro groups is 1. The third-order valence-corrected chi connectivity index (χ3v) is 4.10. The van der Waals surface area contributed by atoms with Gasteiger partial charge in [0.2, 0.25) is 0 Å². The maximum atomic E-state index is 12.1. The Morgan fingerprint density at radius 2 is 1.96 bits per heavy atom. The van der Waals surface area contributed by atoms with Crippen LogP contribution in [-0.2, 0) is 13.5 Å². The Bertz CT molecular complexity index is 945. The number of non-ortho nitro benzene ring substituents is 1. The number of nitro benzene ring substituents is 1. The summed E-state index contributed by atoms with van der Waals surface area (Å²) in [5.41, 5.74) is 3.52. The molecule has 0 bridgehead atoms. The average Bonchev–Trinajstić information content (AvgIpc) is 2.90. The Kier molecular flexibility index (Phi) is 4.47. The van der Waals surface area contributed by atoms with Gasteiger partial charge >= 0.3 is 0 Å². The highest BCUT2D eigenvalue weighted by Gasteiger charge is 2.11. The zero-order valence-electron chi connectivity index (χ0n) is 14.0. The Balaban J connectivity index is 1.63. The fourth-order valence-electron chi connectivity index (χ4n) is 2.71. The van der Waals surface area contributed by atoms with E-state index in [1.54, 1.807) is 0 Å². The van der Waals surface area contributed by atoms with Crippen molar-refractivity contribution in [3.63, 3.8) is 0 Å². The number of aryl methyl sites for hydroxylation is 2. The van der Waals surface area contributed by atoms with Crippen LogP contribution in [0.2, 0.25) is 0 Å². The number of nitrogens with one attached hydrogen (secondary N) is 1. The van der Waals surface area contributed by atoms with Crippen LogP contribution in [-0.4, -0.2) is 26.9 Å². The fourth-order valence-corrected chi connectivity index (χ4v) is 2.71. The van der Waals surface area contributed by atoms with Crippen LogP contribution in [0, 0.1) is 17.0 Å². The summed E-state index contributed by atoms with van der Waals surface area (Å²) in [4.78, 5) is 26.9. The van der Waals surface area contributed by atoms with Crippen LogP contribution in [0.25, 0.3) is 11.0 Å². The van der Waals surface area contributed by atoms with Crippen LogP contribution in [0.3, 0.4) is 0 Å². The van der Waals surface area contributed by atoms with Crippen LogP contribution in [0.1, 0.15) is 21.7 Å². The number of amides is 1. The first-order chi connectivity index (χ1) is 12.0. The van der Waals surface area contributed by atoms with E-state index < -0.39 is 4.92 Å². The van der Waals surface area contributed by atoms with Gasteiger partial charge in [0.25, 0.3) is 11.6 Å². The van der Waals surface area contributed by atoms with Crippen molar-refractivity contribution in [2.45, 2.75) is 13.3 Å². The SMILES string of the molecule is Cc1ccc2c(c1)nc(CCNC(=O)c1ccc([N+](=O)[O-])cc1)n2C. The summed E-state index contributed by atoms with van der Waals surface area (Å²) in [5, 5.41) is 13.5. The normalized spacial score (nSPS) is 10.8. The van der Waals surface area contributed by atoms with Crippen LogP contribution >= 0.6 is 0 Å². The molecule has 1 N–H and O–H groups in total. The molecule has 2 aromatic carbocycles. The number of hydrogen-bond donors (Lipinski definition) is 1. The number of carbonyl (C=O) groups is 1. The molecule has 1 amide bonds. The molecule has 7 heteroatoms. The topological polar surface area (TPSA) is 90.1 Å². The van der Waals surface area contributed by atoms with Crippen molar-refractivity contribution >= 4 is 22.6 Å². The van der Waals surface area contributed by atoms with Crippen LogP contribution < -0.4 is 5.32 Å². The minimum Gasteiger partial charge on any atom is -0.352 e. The molecule has 0 aliphatic heterocycles. The van der Waals surface area contributed by atoms with E-state index in [1.807, 2.05) is 36.7 Å². The fraction of sp³-hybridized carbons (Fsp3) is 0.222. The van der Waals surface area contributed by atoms with Gasteiger partial charge in [0.15, 0.2) is 0 Å². The first kappa shape index (κ1) is 16.6. The summed E-state index contributed by atoms with van der Waals surface area (Å²) in [6.07, 6.45) is 0.600. The van der Waals surface area contributed by atoms with Gasteiger partial charge in [0.05, 0.1) is 16.0 Å². The first-order valence-corrected chi connectivity index (χ1v) is 7.90. The second-order valence-corrected chi connectivity index (χ2v) is 5.89. The molecule has 128 valence electrons. The maximum absolute atomic E-state index is 12.1. The Morgan fingerprint density at radius 3 is 2.64 bits per heavy atom. The summed E-state index contributed by atoms with van der Waals surface area (Å²) in [7, 11) is 1.96. The molecule has 3 rings (SSSR count). The molecule has 1 heterocycles. The molecule has 0 aliphatic rings. The lowest BCUT2D eigenvalue weighted by atomic mass is 10.2. The predicted molar refractivity (Wildman–Crippen MR) is 94.6 cm³/mol. The Hall–Kier alpha value is -3.22. The van der Waals surface area contributed by atoms with Crippen LogP contribution in [0.15, 0.2) is 42.5 Å². The zero-order valence-corrected chi connectivity index (χ0v) is 14.0. The summed E-state index contributed by atoms with van der Waals surface area (Å²) in [5.74, 6) is 0.633. The molecule has 7 nitrogen and oxygen atoms in total. The number of imidazole rings is 1. The molecular weight excluding hydrogens is 320 g/mol. The monoisotopic (exact) mass is 338 g/mol. The number of aromatic nitrogens is 2. The van der Waals surface area contributed by atoms with Gasteiger partial charge in [-0.2, -0.15) is 0 Å². The predicted octanol–water partition coefficient (Wildman–Crippen LogP) is 2.76. The van der Waals surface area contributed by atoms with Gasteiger partial charge in [-0.25, -0.2) is 4.98 Å². The van der Waals surface area contributed by atoms with Gasteiger partial charge in [-0.15, -0.1) is 0 Å². The van der Waals surface area contributed by atoms with Gasteiger partial charge in [-0.3, -0.25) is 14.9 Å². The summed E-state index contributed by atoms with van der Waals surface area (Å²) < 4.78 is 2.02. The molecular formula is C18H18N4O3. The molecule has 0 saturated heterocycles. The van der Waals surface area contributed by atoms with E-state index in [4.69, 9.17) is 0 Å². The Labute approximate surface area is 144 Å². The molecule has 0 spiro atoms. The number of carbonyl (C=O) groups excluding carboxylic acids is 1. The minimum absolute atomic E-state index is 0.0356. The second kappa shape index (κ2) is 6.72. The van der Waals surface area contributed by atoms with Crippen molar-refractivity contribution in [2.24, 2.45) is 7.05 Å². The highest BCUT2D eigenvalue weighted by atomic mass is 16.6. The number of rotatable bonds is 5. The molecule has 0 atom stereocenters. The van der Waals surface area contributed by atoms with Gasteiger partial charge in [-0.1, -0.05) is 6.07 Å². The standard InChI is InChI=1S/C18H18N4O3/c1-12-3-8-16-15(11-12)20-17(21(16)2)9-10-19-18(23)13-4-6-14(7-5-13)22(24)25/h3-8,11H,9-10H2,1-2H3,(H,19,23). The number of hydrogen-bond acceptors (Lipinski definition) is 4. The lowest BCUT2D eigenvalue weighted by Crippen LogP contribution is -2.26. The number of nitrogens with zero attached hydrogens (tertiary/aromatic N) is 3. The molecule has 0 saturated carbocycles. The largest absolute Gasteiger partial charge is 0.352 e. The van der Waals surface area contributed by atoms with Gasteiger partial charge in [-0.05, 0) is 36.8 Å². The van der Waals surface area contributed by atoms with E-state index in [0.29, 0.717) is 18.5 Å². The summed E-state index contributed by atoms with van der Waals surface area (Å²) in [6.45, 7) is 2.46. The van der Waals surface area contributed by atoms with Crippen molar-refractivity contribution in [3.05, 3.63) is 69.5 Å². The molecule has 25 heavy (non-hydrogen) atoms. The lowest BCUT2D eigenvalue weighted by molar-refractivity contribution is -0.384. The zero-order chi connectivity index (χ0) is 18.0. The highest BCUT2D eigenvalue weighted by Crippen LogP contribution is 2.16. The van der Waals surface area contributed by atoms with Gasteiger partial charge < -0.3 is 9.88 Å². The molecule has 0 radical (unpaired) electrons. The van der Waals surface area contributed by atoms with Gasteiger partial charge in [0.1, 0.15) is 5.82 Å². The van der Waals surface area contributed by atoms with Crippen molar-refractivity contribution in [1.82, 2.24) is 14.9 Å². The molecule has 3 aromatic rings. The van der Waals surface area contributed by atoms with Gasteiger partial charge in [0, 0.05) is 37.7 Å². The molecule has 0 fully saturated rings. The van der Waals surface area contributed by atoms with Crippen molar-refractivity contribution in [1.29, 1.82) is 0 Å². The first-order valence-electron chi connectivity index (χ1n) is 7.90. The maximum Gasteiger partial charge on any atom is 0.269 e. The quantitative estimate of drug-likeness (QED) is 0.572. The lowest BCUT2D eigenvalue weighted by Gasteiger charge is -2.05. The second-order valence-electron chi connectivity index (χ2n) is 5.89. The van der Waals surface area contributed by atoms with E-state index in [1.165, 1.54) is 24.3 Å². The van der Waals surface area contributed by atoms with E-state index >= 15 is 0 Å². The molecule has 0 aliphatic carbocycles. The third kappa shape index (κ3) is 3.50. The summed E-state index contributed by atoms with van der Waals surface area (Å²) >= 11 is 0. The minimum atomic E-state index is -0.491. The van der Waals surface area contributed by atoms with Crippen molar-refractivity contribution < 1.29 is 9.72 Å². The van der Waals surface area contributed by atoms with Crippen molar-refractivity contribution in [2.75, 3.05) is 6.54 Å². The van der Waals surface area contributed by atoms with Crippen molar-refractivity contribution in [3.8, 4) is 0 Å². The Morgan fingerprint density at radius 1 is 1.24 bits per heavy atom. The number of fused-ring (bicyclic) bond motifs is 1. The molecule has 0 unspecified atom stereocenters. The molecule has 1 aromatic heterocycles. The highest BCUT2D eigenvalue weighted by molar-refractivity contribution is 5.94. The average molecular weight is 338 g/mol. The number of benzene rings is 2. The van der Waals surface area contributed by atoms with E-state index in [9.17, 15) is 14.9 Å². The van der Waals surface area contributed by atoms with E-state index in [0.717, 1.165) is 22.4 Å². The van der Waals surface area contributed by atoms with Crippen LogP contribution in [0.5, 0.6) is 0 Å². The smallest absolute Gasteiger partial charge is 0.269 e. The van der Waals surface area contributed by atoms with E-state index in [-0.39, 0.29) is 11.6 Å². The van der Waals surface area contributed by atoms with Crippen LogP contribution in [0.4, 0.5) is 5.69 Å². The third-order valence-electron chi connectivity index (χ3n) is 4.10.